The number of hydrogen-bond donors (Lipinski definition) is 0. The van der Waals surface area contributed by atoms with Gasteiger partial charge in [-0.2, -0.15) is 0 Å². The third-order valence-corrected chi connectivity index (χ3v) is 4.59. The molecule has 0 bridgehead atoms. The monoisotopic (exact) mass is 336 g/mol. The highest BCUT2D eigenvalue weighted by Gasteiger charge is 2.20. The van der Waals surface area contributed by atoms with Crippen LogP contribution >= 0.6 is 23.2 Å². The highest BCUT2D eigenvalue weighted by atomic mass is 35.5. The van der Waals surface area contributed by atoms with Crippen molar-refractivity contribution in [1.82, 2.24) is 9.80 Å². The molecule has 1 aliphatic rings. The highest BCUT2D eigenvalue weighted by molar-refractivity contribution is 6.31. The number of hydrogen-bond acceptors (Lipinski definition) is 2. The van der Waals surface area contributed by atoms with Crippen LogP contribution < -0.4 is 0 Å². The first-order valence-electron chi connectivity index (χ1n) is 7.40. The molecule has 0 spiro atoms. The van der Waals surface area contributed by atoms with E-state index in [1.54, 1.807) is 0 Å². The molecule has 0 atom stereocenters. The van der Waals surface area contributed by atoms with Crippen LogP contribution in [0.2, 0.25) is 5.02 Å². The van der Waals surface area contributed by atoms with Crippen molar-refractivity contribution < 1.29 is 4.79 Å². The topological polar surface area (TPSA) is 23.6 Å². The Kier molecular flexibility index (Phi) is 4.87. The molecule has 3 nitrogen and oxygen atoms in total. The lowest BCUT2D eigenvalue weighted by atomic mass is 10.0. The molecule has 1 aliphatic heterocycles. The number of amides is 1. The van der Waals surface area contributed by atoms with Crippen LogP contribution in [0.1, 0.15) is 5.56 Å². The Morgan fingerprint density at radius 1 is 1.09 bits per heavy atom. The first-order chi connectivity index (χ1) is 10.7. The minimum atomic E-state index is 0.0227. The first-order valence-corrected chi connectivity index (χ1v) is 8.32. The van der Waals surface area contributed by atoms with Crippen molar-refractivity contribution in [3.8, 4) is 0 Å². The van der Waals surface area contributed by atoms with Crippen molar-refractivity contribution in [2.75, 3.05) is 32.1 Å². The summed E-state index contributed by atoms with van der Waals surface area (Å²) in [5.74, 6) is 0.0911. The molecule has 0 aromatic heterocycles. The van der Waals surface area contributed by atoms with Gasteiger partial charge in [0.25, 0.3) is 0 Å². The molecule has 2 aromatic rings. The summed E-state index contributed by atoms with van der Waals surface area (Å²) in [6.45, 7) is 4.06. The van der Waals surface area contributed by atoms with Gasteiger partial charge in [0, 0.05) is 37.7 Å². The second-order valence-corrected chi connectivity index (χ2v) is 6.28. The molecule has 5 heteroatoms. The number of carbonyl (C=O) groups is 1. The summed E-state index contributed by atoms with van der Waals surface area (Å²) in [5, 5.41) is 3.18. The summed E-state index contributed by atoms with van der Waals surface area (Å²) in [5.41, 5.74) is 1.24. The number of alkyl halides is 1. The molecule has 2 aromatic carbocycles. The molecule has 1 heterocycles. The predicted molar refractivity (Wildman–Crippen MR) is 91.5 cm³/mol. The molecule has 22 heavy (non-hydrogen) atoms. The van der Waals surface area contributed by atoms with Gasteiger partial charge in [-0.3, -0.25) is 9.69 Å². The summed E-state index contributed by atoms with van der Waals surface area (Å²) in [4.78, 5) is 15.8. The van der Waals surface area contributed by atoms with Crippen molar-refractivity contribution in [3.63, 3.8) is 0 Å². The van der Waals surface area contributed by atoms with Crippen LogP contribution in [-0.2, 0) is 11.3 Å². The number of halogens is 2. The Labute approximate surface area is 140 Å². The lowest BCUT2D eigenvalue weighted by Crippen LogP contribution is -2.48. The van der Waals surface area contributed by atoms with Gasteiger partial charge in [-0.15, -0.1) is 11.6 Å². The molecule has 0 aliphatic carbocycles. The van der Waals surface area contributed by atoms with Crippen LogP contribution in [0.25, 0.3) is 10.8 Å². The number of benzene rings is 2. The quantitative estimate of drug-likeness (QED) is 0.802. The van der Waals surface area contributed by atoms with Crippen molar-refractivity contribution in [3.05, 3.63) is 47.0 Å². The van der Waals surface area contributed by atoms with E-state index >= 15 is 0 Å². The largest absolute Gasteiger partial charge is 0.339 e. The molecule has 116 valence electrons. The summed E-state index contributed by atoms with van der Waals surface area (Å²) in [6.07, 6.45) is 0. The molecule has 3 rings (SSSR count). The van der Waals surface area contributed by atoms with Gasteiger partial charge in [-0.25, -0.2) is 0 Å². The van der Waals surface area contributed by atoms with E-state index in [-0.39, 0.29) is 11.8 Å². The molecule has 1 saturated heterocycles. The van der Waals surface area contributed by atoms with Gasteiger partial charge in [0.05, 0.1) is 0 Å². The van der Waals surface area contributed by atoms with Gasteiger partial charge >= 0.3 is 0 Å². The first kappa shape index (κ1) is 15.6. The Hall–Kier alpha value is -1.29. The zero-order chi connectivity index (χ0) is 15.5. The Morgan fingerprint density at radius 2 is 1.82 bits per heavy atom. The highest BCUT2D eigenvalue weighted by Crippen LogP contribution is 2.25. The standard InChI is InChI=1S/C17H18Cl2N2O/c18-11-17(22)21-7-5-20(6-8-21)12-14-10-15(19)9-13-3-1-2-4-16(13)14/h1-4,9-10H,5-8,11-12H2. The molecule has 0 unspecified atom stereocenters. The zero-order valence-corrected chi connectivity index (χ0v) is 13.8. The second kappa shape index (κ2) is 6.86. The van der Waals surface area contributed by atoms with E-state index in [1.807, 2.05) is 23.1 Å². The predicted octanol–water partition coefficient (Wildman–Crippen LogP) is 3.38. The maximum absolute atomic E-state index is 11.6. The summed E-state index contributed by atoms with van der Waals surface area (Å²) < 4.78 is 0. The number of carbonyl (C=O) groups excluding carboxylic acids is 1. The number of piperazine rings is 1. The van der Waals surface area contributed by atoms with Crippen molar-refractivity contribution >= 4 is 39.9 Å². The molecule has 0 radical (unpaired) electrons. The van der Waals surface area contributed by atoms with Crippen LogP contribution in [0.4, 0.5) is 0 Å². The normalized spacial score (nSPS) is 16.2. The Morgan fingerprint density at radius 3 is 2.55 bits per heavy atom. The third kappa shape index (κ3) is 3.37. The van der Waals surface area contributed by atoms with E-state index in [2.05, 4.69) is 23.1 Å². The van der Waals surface area contributed by atoms with Gasteiger partial charge in [-0.1, -0.05) is 35.9 Å². The van der Waals surface area contributed by atoms with E-state index in [9.17, 15) is 4.79 Å². The van der Waals surface area contributed by atoms with E-state index in [4.69, 9.17) is 23.2 Å². The fourth-order valence-electron chi connectivity index (χ4n) is 2.96. The summed E-state index contributed by atoms with van der Waals surface area (Å²) >= 11 is 11.9. The lowest BCUT2D eigenvalue weighted by molar-refractivity contribution is -0.130. The average molecular weight is 337 g/mol. The maximum atomic E-state index is 11.6. The number of fused-ring (bicyclic) bond motifs is 1. The summed E-state index contributed by atoms with van der Waals surface area (Å²) in [7, 11) is 0. The van der Waals surface area contributed by atoms with Gasteiger partial charge in [0.15, 0.2) is 0 Å². The van der Waals surface area contributed by atoms with Crippen molar-refractivity contribution in [2.24, 2.45) is 0 Å². The van der Waals surface area contributed by atoms with E-state index in [0.717, 1.165) is 37.7 Å². The van der Waals surface area contributed by atoms with Gasteiger partial charge in [0.2, 0.25) is 5.91 Å². The zero-order valence-electron chi connectivity index (χ0n) is 12.3. The third-order valence-electron chi connectivity index (χ3n) is 4.15. The molecular weight excluding hydrogens is 319 g/mol. The second-order valence-electron chi connectivity index (χ2n) is 5.58. The Balaban J connectivity index is 1.73. The van der Waals surface area contributed by atoms with Crippen LogP contribution in [0.15, 0.2) is 36.4 Å². The minimum absolute atomic E-state index is 0.0227. The van der Waals surface area contributed by atoms with Crippen LogP contribution in [0.5, 0.6) is 0 Å². The molecule has 0 N–H and O–H groups in total. The van der Waals surface area contributed by atoms with Crippen LogP contribution in [0.3, 0.4) is 0 Å². The molecule has 0 saturated carbocycles. The van der Waals surface area contributed by atoms with E-state index < -0.39 is 0 Å². The van der Waals surface area contributed by atoms with Gasteiger partial charge < -0.3 is 4.90 Å². The smallest absolute Gasteiger partial charge is 0.237 e. The van der Waals surface area contributed by atoms with Crippen molar-refractivity contribution in [2.45, 2.75) is 6.54 Å². The minimum Gasteiger partial charge on any atom is -0.339 e. The van der Waals surface area contributed by atoms with Crippen LogP contribution in [-0.4, -0.2) is 47.8 Å². The number of rotatable bonds is 3. The average Bonchev–Trinajstić information content (AvgIpc) is 2.54. The fourth-order valence-corrected chi connectivity index (χ4v) is 3.38. The molecule has 1 amide bonds. The molecular formula is C17H18Cl2N2O. The fraction of sp³-hybridized carbons (Fsp3) is 0.353. The van der Waals surface area contributed by atoms with E-state index in [0.29, 0.717) is 0 Å². The van der Waals surface area contributed by atoms with E-state index in [1.165, 1.54) is 16.3 Å². The van der Waals surface area contributed by atoms with Crippen LogP contribution in [0, 0.1) is 0 Å². The lowest BCUT2D eigenvalue weighted by Gasteiger charge is -2.34. The Bertz CT molecular complexity index is 681. The summed E-state index contributed by atoms with van der Waals surface area (Å²) in [6, 6.07) is 12.3. The molecule has 1 fully saturated rings. The maximum Gasteiger partial charge on any atom is 0.237 e. The van der Waals surface area contributed by atoms with Crippen molar-refractivity contribution in [1.29, 1.82) is 0 Å². The van der Waals surface area contributed by atoms with Gasteiger partial charge in [-0.05, 0) is 28.5 Å². The van der Waals surface area contributed by atoms with Gasteiger partial charge in [0.1, 0.15) is 5.88 Å². The SMILES string of the molecule is O=C(CCl)N1CCN(Cc2cc(Cl)cc3ccccc23)CC1. The number of nitrogens with zero attached hydrogens (tertiary/aromatic N) is 2.